The summed E-state index contributed by atoms with van der Waals surface area (Å²) in [5.41, 5.74) is 1.87. The van der Waals surface area contributed by atoms with Gasteiger partial charge in [0.2, 0.25) is 5.88 Å². The molecule has 3 nitrogen and oxygen atoms in total. The van der Waals surface area contributed by atoms with Gasteiger partial charge in [0.1, 0.15) is 17.5 Å². The van der Waals surface area contributed by atoms with E-state index >= 15 is 0 Å². The van der Waals surface area contributed by atoms with Gasteiger partial charge in [0.25, 0.3) is 0 Å². The molecule has 0 spiro atoms. The molecule has 0 fully saturated rings. The first-order valence-electron chi connectivity index (χ1n) is 10.7. The van der Waals surface area contributed by atoms with Crippen LogP contribution in [0.5, 0.6) is 5.88 Å². The molecule has 1 aliphatic carbocycles. The topological polar surface area (TPSA) is 34.5 Å². The number of pyridine rings is 1. The number of aromatic nitrogens is 1. The third-order valence-electron chi connectivity index (χ3n) is 5.92. The standard InChI is InChI=1S/C25H25F3N2O/c1-3-15(2)31-24-12-8-17(14-29-24)16-7-9-18(21(28)13-16)22-10-11-23(30-22)25-19(26)5-4-6-20(25)27/h4-8,12-15,18,22H,3,9-11H2,1-2H3/t15?,18?,22-/m1/s1. The van der Waals surface area contributed by atoms with Gasteiger partial charge in [-0.2, -0.15) is 0 Å². The molecule has 0 N–H and O–H groups in total. The van der Waals surface area contributed by atoms with E-state index in [1.54, 1.807) is 12.3 Å². The van der Waals surface area contributed by atoms with E-state index in [0.717, 1.165) is 17.6 Å². The molecule has 31 heavy (non-hydrogen) atoms. The minimum atomic E-state index is -0.630. The van der Waals surface area contributed by atoms with Gasteiger partial charge in [0.15, 0.2) is 0 Å². The predicted octanol–water partition coefficient (Wildman–Crippen LogP) is 6.45. The van der Waals surface area contributed by atoms with Crippen molar-refractivity contribution in [2.24, 2.45) is 10.9 Å². The maximum Gasteiger partial charge on any atom is 0.213 e. The van der Waals surface area contributed by atoms with Crippen molar-refractivity contribution >= 4 is 11.3 Å². The van der Waals surface area contributed by atoms with Crippen LogP contribution in [0.3, 0.4) is 0 Å². The Morgan fingerprint density at radius 1 is 1.13 bits per heavy atom. The molecule has 1 aromatic carbocycles. The van der Waals surface area contributed by atoms with Crippen LogP contribution in [-0.4, -0.2) is 22.8 Å². The van der Waals surface area contributed by atoms with Crippen molar-refractivity contribution in [3.05, 3.63) is 77.3 Å². The van der Waals surface area contributed by atoms with Crippen LogP contribution in [0.2, 0.25) is 0 Å². The Morgan fingerprint density at radius 2 is 1.90 bits per heavy atom. The van der Waals surface area contributed by atoms with Crippen molar-refractivity contribution in [1.82, 2.24) is 4.98 Å². The molecular formula is C25H25F3N2O. The molecule has 162 valence electrons. The Labute approximate surface area is 180 Å². The first kappa shape index (κ1) is 21.3. The lowest BCUT2D eigenvalue weighted by molar-refractivity contribution is 0.208. The average molecular weight is 426 g/mol. The second-order valence-corrected chi connectivity index (χ2v) is 8.03. The Kier molecular flexibility index (Phi) is 6.25. The van der Waals surface area contributed by atoms with Crippen molar-refractivity contribution in [3.8, 4) is 5.88 Å². The maximum absolute atomic E-state index is 15.0. The normalized spacial score (nSPS) is 21.9. The van der Waals surface area contributed by atoms with Crippen molar-refractivity contribution in [2.75, 3.05) is 0 Å². The van der Waals surface area contributed by atoms with Gasteiger partial charge in [-0.05, 0) is 62.5 Å². The molecule has 2 unspecified atom stereocenters. The zero-order chi connectivity index (χ0) is 22.0. The van der Waals surface area contributed by atoms with Gasteiger partial charge in [-0.1, -0.05) is 19.1 Å². The van der Waals surface area contributed by atoms with Crippen LogP contribution in [0, 0.1) is 17.6 Å². The lowest BCUT2D eigenvalue weighted by Crippen LogP contribution is -2.18. The monoisotopic (exact) mass is 426 g/mol. The van der Waals surface area contributed by atoms with E-state index in [1.807, 2.05) is 26.0 Å². The number of nitrogens with zero attached hydrogens (tertiary/aromatic N) is 2. The molecule has 0 amide bonds. The van der Waals surface area contributed by atoms with E-state index in [9.17, 15) is 13.2 Å². The highest BCUT2D eigenvalue weighted by Gasteiger charge is 2.32. The molecule has 0 saturated carbocycles. The summed E-state index contributed by atoms with van der Waals surface area (Å²) in [6, 6.07) is 7.10. The summed E-state index contributed by atoms with van der Waals surface area (Å²) in [6.45, 7) is 4.02. The summed E-state index contributed by atoms with van der Waals surface area (Å²) >= 11 is 0. The summed E-state index contributed by atoms with van der Waals surface area (Å²) in [7, 11) is 0. The average Bonchev–Trinajstić information content (AvgIpc) is 3.23. The lowest BCUT2D eigenvalue weighted by Gasteiger charge is -2.22. The summed E-state index contributed by atoms with van der Waals surface area (Å²) in [4.78, 5) is 8.81. The van der Waals surface area contributed by atoms with E-state index < -0.39 is 17.6 Å². The Hall–Kier alpha value is -2.89. The smallest absolute Gasteiger partial charge is 0.213 e. The van der Waals surface area contributed by atoms with Gasteiger partial charge < -0.3 is 4.74 Å². The molecule has 3 atom stereocenters. The van der Waals surface area contributed by atoms with E-state index in [0.29, 0.717) is 30.9 Å². The largest absolute Gasteiger partial charge is 0.475 e. The zero-order valence-electron chi connectivity index (χ0n) is 17.6. The molecule has 2 heterocycles. The zero-order valence-corrected chi connectivity index (χ0v) is 17.6. The van der Waals surface area contributed by atoms with Gasteiger partial charge in [-0.3, -0.25) is 4.99 Å². The fraction of sp³-hybridized carbons (Fsp3) is 0.360. The summed E-state index contributed by atoms with van der Waals surface area (Å²) in [5.74, 6) is -1.40. The summed E-state index contributed by atoms with van der Waals surface area (Å²) < 4.78 is 48.8. The second kappa shape index (κ2) is 9.08. The molecule has 4 rings (SSSR count). The predicted molar refractivity (Wildman–Crippen MR) is 116 cm³/mol. The van der Waals surface area contributed by atoms with Crippen LogP contribution >= 0.6 is 0 Å². The lowest BCUT2D eigenvalue weighted by atomic mass is 9.86. The van der Waals surface area contributed by atoms with Crippen LogP contribution in [0.4, 0.5) is 13.2 Å². The van der Waals surface area contributed by atoms with Crippen LogP contribution in [0.15, 0.2) is 59.5 Å². The van der Waals surface area contributed by atoms with E-state index in [2.05, 4.69) is 9.98 Å². The quantitative estimate of drug-likeness (QED) is 0.532. The number of rotatable bonds is 6. The van der Waals surface area contributed by atoms with Crippen molar-refractivity contribution < 1.29 is 17.9 Å². The van der Waals surface area contributed by atoms with Crippen LogP contribution in [0.25, 0.3) is 5.57 Å². The van der Waals surface area contributed by atoms with Crippen molar-refractivity contribution in [3.63, 3.8) is 0 Å². The molecule has 2 aromatic rings. The minimum Gasteiger partial charge on any atom is -0.475 e. The first-order chi connectivity index (χ1) is 15.0. The molecule has 0 saturated heterocycles. The van der Waals surface area contributed by atoms with Gasteiger partial charge in [0.05, 0.1) is 17.7 Å². The Balaban J connectivity index is 1.47. The van der Waals surface area contributed by atoms with Crippen molar-refractivity contribution in [1.29, 1.82) is 0 Å². The molecule has 1 aromatic heterocycles. The summed E-state index contributed by atoms with van der Waals surface area (Å²) in [5, 5.41) is 0. The number of halogens is 3. The fourth-order valence-corrected chi connectivity index (χ4v) is 4.00. The molecule has 0 radical (unpaired) electrons. The molecular weight excluding hydrogens is 401 g/mol. The highest BCUT2D eigenvalue weighted by Crippen LogP contribution is 2.37. The fourth-order valence-electron chi connectivity index (χ4n) is 4.00. The number of aliphatic imine (C=N–C) groups is 1. The number of hydrogen-bond donors (Lipinski definition) is 0. The highest BCUT2D eigenvalue weighted by molar-refractivity contribution is 6.02. The van der Waals surface area contributed by atoms with E-state index in [-0.39, 0.29) is 23.5 Å². The second-order valence-electron chi connectivity index (χ2n) is 8.03. The van der Waals surface area contributed by atoms with Crippen LogP contribution < -0.4 is 4.74 Å². The van der Waals surface area contributed by atoms with Crippen molar-refractivity contribution in [2.45, 2.75) is 51.7 Å². The van der Waals surface area contributed by atoms with Gasteiger partial charge in [-0.25, -0.2) is 18.2 Å². The number of allylic oxidation sites excluding steroid dienone is 3. The first-order valence-corrected chi connectivity index (χ1v) is 10.7. The van der Waals surface area contributed by atoms with Gasteiger partial charge in [0, 0.05) is 29.5 Å². The Morgan fingerprint density at radius 3 is 2.55 bits per heavy atom. The highest BCUT2D eigenvalue weighted by atomic mass is 19.1. The van der Waals surface area contributed by atoms with Gasteiger partial charge >= 0.3 is 0 Å². The van der Waals surface area contributed by atoms with Gasteiger partial charge in [-0.15, -0.1) is 0 Å². The number of hydrogen-bond acceptors (Lipinski definition) is 3. The number of ether oxygens (including phenoxy) is 1. The molecule has 1 aliphatic heterocycles. The minimum absolute atomic E-state index is 0.0834. The Bertz CT molecular complexity index is 1020. The molecule has 2 aliphatic rings. The van der Waals surface area contributed by atoms with Crippen LogP contribution in [-0.2, 0) is 0 Å². The SMILES string of the molecule is CCC(C)Oc1ccc(C2=CCC([C@H]3CCC(c4c(F)cccc4F)=N3)C(F)=C2)cn1. The third kappa shape index (κ3) is 4.58. The summed E-state index contributed by atoms with van der Waals surface area (Å²) in [6.07, 6.45) is 7.61. The van der Waals surface area contributed by atoms with E-state index in [4.69, 9.17) is 4.74 Å². The van der Waals surface area contributed by atoms with Crippen LogP contribution in [0.1, 0.15) is 50.7 Å². The third-order valence-corrected chi connectivity index (χ3v) is 5.92. The maximum atomic E-state index is 15.0. The molecule has 6 heteroatoms. The van der Waals surface area contributed by atoms with E-state index in [1.165, 1.54) is 24.3 Å². The molecule has 0 bridgehead atoms. The number of benzene rings is 1.